The zero-order chi connectivity index (χ0) is 14.9. The number of nitrogens with zero attached hydrogens (tertiary/aromatic N) is 2. The summed E-state index contributed by atoms with van der Waals surface area (Å²) in [6.45, 7) is 5.33. The Morgan fingerprint density at radius 2 is 2.00 bits per heavy atom. The Hall–Kier alpha value is -1.34. The van der Waals surface area contributed by atoms with Crippen molar-refractivity contribution in [3.8, 4) is 0 Å². The van der Waals surface area contributed by atoms with Gasteiger partial charge >= 0.3 is 5.97 Å². The summed E-state index contributed by atoms with van der Waals surface area (Å²) in [7, 11) is -3.58. The Bertz CT molecular complexity index is 598. The maximum absolute atomic E-state index is 12.5. The lowest BCUT2D eigenvalue weighted by Crippen LogP contribution is -2.37. The average molecular weight is 300 g/mol. The van der Waals surface area contributed by atoms with Crippen molar-refractivity contribution in [2.45, 2.75) is 38.1 Å². The molecule has 0 unspecified atom stereocenters. The van der Waals surface area contributed by atoms with Crippen LogP contribution in [0.2, 0.25) is 0 Å². The third-order valence-corrected chi connectivity index (χ3v) is 5.68. The first-order valence-electron chi connectivity index (χ1n) is 6.80. The fourth-order valence-electron chi connectivity index (χ4n) is 2.44. The minimum Gasteiger partial charge on any atom is -0.477 e. The number of piperidine rings is 1. The average Bonchev–Trinajstić information content (AvgIpc) is 2.84. The summed E-state index contributed by atoms with van der Waals surface area (Å²) in [4.78, 5) is 11.2. The molecule has 0 aliphatic carbocycles. The molecule has 1 aromatic heterocycles. The summed E-state index contributed by atoms with van der Waals surface area (Å²) in [6.07, 6.45) is 3.11. The predicted molar refractivity (Wildman–Crippen MR) is 74.2 cm³/mol. The van der Waals surface area contributed by atoms with E-state index in [4.69, 9.17) is 5.11 Å². The van der Waals surface area contributed by atoms with Crippen molar-refractivity contribution < 1.29 is 18.3 Å². The van der Waals surface area contributed by atoms with Crippen LogP contribution in [0, 0.1) is 5.92 Å². The molecule has 1 aromatic rings. The predicted octanol–water partition coefficient (Wildman–Crippen LogP) is 1.63. The molecule has 0 radical (unpaired) electrons. The zero-order valence-corrected chi connectivity index (χ0v) is 12.6. The van der Waals surface area contributed by atoms with Crippen molar-refractivity contribution in [1.82, 2.24) is 8.87 Å². The number of aryl methyl sites for hydroxylation is 1. The van der Waals surface area contributed by atoms with E-state index in [2.05, 4.69) is 6.92 Å². The maximum atomic E-state index is 12.5. The monoisotopic (exact) mass is 300 g/mol. The van der Waals surface area contributed by atoms with Crippen LogP contribution in [0.15, 0.2) is 17.2 Å². The van der Waals surface area contributed by atoms with Gasteiger partial charge in [0, 0.05) is 25.8 Å². The minimum atomic E-state index is -3.58. The van der Waals surface area contributed by atoms with Crippen molar-refractivity contribution in [3.63, 3.8) is 0 Å². The van der Waals surface area contributed by atoms with Crippen LogP contribution >= 0.6 is 0 Å². The van der Waals surface area contributed by atoms with E-state index in [0.29, 0.717) is 25.6 Å². The molecule has 20 heavy (non-hydrogen) atoms. The van der Waals surface area contributed by atoms with Crippen LogP contribution in [-0.4, -0.2) is 41.5 Å². The third kappa shape index (κ3) is 2.73. The molecule has 0 bridgehead atoms. The number of carbonyl (C=O) groups is 1. The highest BCUT2D eigenvalue weighted by Gasteiger charge is 2.30. The third-order valence-electron chi connectivity index (χ3n) is 3.81. The van der Waals surface area contributed by atoms with Gasteiger partial charge in [-0.25, -0.2) is 13.2 Å². The number of hydrogen-bond donors (Lipinski definition) is 1. The van der Waals surface area contributed by atoms with E-state index in [1.165, 1.54) is 21.1 Å². The Labute approximate surface area is 119 Å². The second-order valence-corrected chi connectivity index (χ2v) is 7.18. The molecule has 112 valence electrons. The second-order valence-electron chi connectivity index (χ2n) is 5.24. The number of carboxylic acid groups (broad SMARTS) is 1. The molecule has 0 aromatic carbocycles. The smallest absolute Gasteiger partial charge is 0.352 e. The van der Waals surface area contributed by atoms with Crippen LogP contribution in [0.25, 0.3) is 0 Å². The molecule has 6 nitrogen and oxygen atoms in total. The molecule has 1 N–H and O–H groups in total. The normalized spacial score (nSPS) is 18.3. The summed E-state index contributed by atoms with van der Waals surface area (Å²) < 4.78 is 27.9. The quantitative estimate of drug-likeness (QED) is 0.916. The van der Waals surface area contributed by atoms with Crippen molar-refractivity contribution in [1.29, 1.82) is 0 Å². The number of sulfonamides is 1. The van der Waals surface area contributed by atoms with Gasteiger partial charge in [-0.05, 0) is 31.7 Å². The SMILES string of the molecule is CCn1cc(S(=O)(=O)N2CCC(C)CC2)cc1C(=O)O. The van der Waals surface area contributed by atoms with Gasteiger partial charge in [0.25, 0.3) is 0 Å². The van der Waals surface area contributed by atoms with Crippen LogP contribution < -0.4 is 0 Å². The lowest BCUT2D eigenvalue weighted by atomic mass is 10.0. The molecule has 1 saturated heterocycles. The fraction of sp³-hybridized carbons (Fsp3) is 0.615. The lowest BCUT2D eigenvalue weighted by Gasteiger charge is -2.29. The van der Waals surface area contributed by atoms with Crippen molar-refractivity contribution in [2.75, 3.05) is 13.1 Å². The first-order chi connectivity index (χ1) is 9.36. The molecule has 7 heteroatoms. The molecule has 2 rings (SSSR count). The topological polar surface area (TPSA) is 79.6 Å². The molecule has 0 amide bonds. The minimum absolute atomic E-state index is 0.0106. The van der Waals surface area contributed by atoms with E-state index >= 15 is 0 Å². The molecule has 0 saturated carbocycles. The Balaban J connectivity index is 2.32. The molecule has 0 atom stereocenters. The van der Waals surface area contributed by atoms with Crippen LogP contribution in [0.1, 0.15) is 37.2 Å². The first kappa shape index (κ1) is 15.1. The Morgan fingerprint density at radius 1 is 1.40 bits per heavy atom. The standard InChI is InChI=1S/C13H20N2O4S/c1-3-14-9-11(8-12(14)13(16)17)20(18,19)15-6-4-10(2)5-7-15/h8-10H,3-7H2,1-2H3,(H,16,17). The largest absolute Gasteiger partial charge is 0.477 e. The molecule has 1 aliphatic heterocycles. The summed E-state index contributed by atoms with van der Waals surface area (Å²) in [6, 6.07) is 1.25. The molecular formula is C13H20N2O4S. The highest BCUT2D eigenvalue weighted by molar-refractivity contribution is 7.89. The Morgan fingerprint density at radius 3 is 2.45 bits per heavy atom. The van der Waals surface area contributed by atoms with Crippen LogP contribution in [0.3, 0.4) is 0 Å². The van der Waals surface area contributed by atoms with Gasteiger partial charge < -0.3 is 9.67 Å². The fourth-order valence-corrected chi connectivity index (χ4v) is 3.95. The highest BCUT2D eigenvalue weighted by atomic mass is 32.2. The Kier molecular flexibility index (Phi) is 4.19. The van der Waals surface area contributed by atoms with Crippen LogP contribution in [0.5, 0.6) is 0 Å². The summed E-state index contributed by atoms with van der Waals surface area (Å²) in [5.41, 5.74) is 0.0106. The highest BCUT2D eigenvalue weighted by Crippen LogP contribution is 2.24. The number of aromatic nitrogens is 1. The van der Waals surface area contributed by atoms with Gasteiger partial charge in [0.15, 0.2) is 0 Å². The van der Waals surface area contributed by atoms with Crippen LogP contribution in [0.4, 0.5) is 0 Å². The van der Waals surface area contributed by atoms with Crippen LogP contribution in [-0.2, 0) is 16.6 Å². The number of rotatable bonds is 4. The van der Waals surface area contributed by atoms with Gasteiger partial charge in [0.2, 0.25) is 10.0 Å². The van der Waals surface area contributed by atoms with E-state index in [0.717, 1.165) is 12.8 Å². The number of hydrogen-bond acceptors (Lipinski definition) is 3. The molecule has 0 spiro atoms. The van der Waals surface area contributed by atoms with E-state index in [9.17, 15) is 13.2 Å². The van der Waals surface area contributed by atoms with Gasteiger partial charge in [-0.15, -0.1) is 0 Å². The van der Waals surface area contributed by atoms with Gasteiger partial charge in [-0.2, -0.15) is 4.31 Å². The molecule has 2 heterocycles. The number of carboxylic acids is 1. The van der Waals surface area contributed by atoms with Crippen molar-refractivity contribution in [3.05, 3.63) is 18.0 Å². The molecule has 1 fully saturated rings. The van der Waals surface area contributed by atoms with E-state index in [-0.39, 0.29) is 10.6 Å². The van der Waals surface area contributed by atoms with E-state index < -0.39 is 16.0 Å². The summed E-state index contributed by atoms with van der Waals surface area (Å²) in [5, 5.41) is 9.09. The van der Waals surface area contributed by atoms with Gasteiger partial charge in [0.05, 0.1) is 0 Å². The van der Waals surface area contributed by atoms with Gasteiger partial charge in [0.1, 0.15) is 10.6 Å². The summed E-state index contributed by atoms with van der Waals surface area (Å²) >= 11 is 0. The maximum Gasteiger partial charge on any atom is 0.352 e. The van der Waals surface area contributed by atoms with Gasteiger partial charge in [-0.3, -0.25) is 0 Å². The molecule has 1 aliphatic rings. The van der Waals surface area contributed by atoms with E-state index in [1.54, 1.807) is 6.92 Å². The van der Waals surface area contributed by atoms with Crippen molar-refractivity contribution >= 4 is 16.0 Å². The number of aromatic carboxylic acids is 1. The zero-order valence-electron chi connectivity index (χ0n) is 11.7. The summed E-state index contributed by atoms with van der Waals surface area (Å²) in [5.74, 6) is -0.572. The second kappa shape index (κ2) is 5.57. The first-order valence-corrected chi connectivity index (χ1v) is 8.24. The van der Waals surface area contributed by atoms with Gasteiger partial charge in [-0.1, -0.05) is 6.92 Å². The molecular weight excluding hydrogens is 280 g/mol. The lowest BCUT2D eigenvalue weighted by molar-refractivity contribution is 0.0685. The van der Waals surface area contributed by atoms with E-state index in [1.807, 2.05) is 0 Å². The van der Waals surface area contributed by atoms with Crippen molar-refractivity contribution in [2.24, 2.45) is 5.92 Å².